The number of para-hydroxylation sites is 1. The number of aromatic carboxylic acids is 1. The van der Waals surface area contributed by atoms with Crippen molar-refractivity contribution in [3.63, 3.8) is 0 Å². The average Bonchev–Trinajstić information content (AvgIpc) is 2.72. The molecule has 0 aliphatic rings. The van der Waals surface area contributed by atoms with E-state index in [1.54, 1.807) is 44.2 Å². The zero-order chi connectivity index (χ0) is 22.8. The van der Waals surface area contributed by atoms with Crippen LogP contribution in [0.4, 0.5) is 29.0 Å². The molecule has 5 N–H and O–H groups in total. The smallest absolute Gasteiger partial charge is 0.335 e. The molecule has 9 nitrogen and oxygen atoms in total. The number of carboxylic acid groups (broad SMARTS) is 1. The number of sulfone groups is 1. The molecule has 3 rings (SSSR count). The molecule has 0 radical (unpaired) electrons. The summed E-state index contributed by atoms with van der Waals surface area (Å²) in [5.74, 6) is -0.854. The highest BCUT2D eigenvalue weighted by atomic mass is 35.5. The van der Waals surface area contributed by atoms with Crippen LogP contribution in [0.2, 0.25) is 5.02 Å². The minimum absolute atomic E-state index is 0.0771. The summed E-state index contributed by atoms with van der Waals surface area (Å²) in [6, 6.07) is 12.4. The Kier molecular flexibility index (Phi) is 6.32. The van der Waals surface area contributed by atoms with Crippen molar-refractivity contribution < 1.29 is 18.3 Å². The molecule has 2 aromatic carbocycles. The van der Waals surface area contributed by atoms with Gasteiger partial charge in [-0.05, 0) is 50.2 Å². The lowest BCUT2D eigenvalue weighted by atomic mass is 10.2. The van der Waals surface area contributed by atoms with Crippen molar-refractivity contribution in [3.05, 3.63) is 59.1 Å². The number of benzene rings is 2. The van der Waals surface area contributed by atoms with Gasteiger partial charge >= 0.3 is 5.97 Å². The van der Waals surface area contributed by atoms with E-state index >= 15 is 0 Å². The van der Waals surface area contributed by atoms with E-state index in [0.717, 1.165) is 0 Å². The van der Waals surface area contributed by atoms with Gasteiger partial charge in [0.25, 0.3) is 0 Å². The summed E-state index contributed by atoms with van der Waals surface area (Å²) in [5.41, 5.74) is 6.77. The molecule has 31 heavy (non-hydrogen) atoms. The molecule has 0 fully saturated rings. The molecule has 0 spiro atoms. The van der Waals surface area contributed by atoms with Gasteiger partial charge < -0.3 is 21.5 Å². The lowest BCUT2D eigenvalue weighted by molar-refractivity contribution is 0.0697. The molecule has 11 heteroatoms. The summed E-state index contributed by atoms with van der Waals surface area (Å²) < 4.78 is 25.4. The Hall–Kier alpha value is -3.37. The second-order valence-corrected chi connectivity index (χ2v) is 9.67. The van der Waals surface area contributed by atoms with Crippen LogP contribution in [0.3, 0.4) is 0 Å². The number of aromatic nitrogens is 2. The summed E-state index contributed by atoms with van der Waals surface area (Å²) in [4.78, 5) is 19.3. The van der Waals surface area contributed by atoms with Crippen LogP contribution in [0, 0.1) is 0 Å². The third-order valence-corrected chi connectivity index (χ3v) is 6.90. The van der Waals surface area contributed by atoms with Crippen LogP contribution in [0.5, 0.6) is 0 Å². The first-order valence-electron chi connectivity index (χ1n) is 9.13. The van der Waals surface area contributed by atoms with Gasteiger partial charge in [-0.1, -0.05) is 23.7 Å². The van der Waals surface area contributed by atoms with Crippen molar-refractivity contribution >= 4 is 56.4 Å². The number of halogens is 1. The molecule has 0 aliphatic heterocycles. The number of carbonyl (C=O) groups is 1. The Morgan fingerprint density at radius 1 is 1.03 bits per heavy atom. The average molecular weight is 462 g/mol. The molecule has 1 heterocycles. The van der Waals surface area contributed by atoms with Gasteiger partial charge in [0.05, 0.1) is 21.4 Å². The number of nitrogen functional groups attached to an aromatic ring is 1. The molecule has 0 saturated heterocycles. The summed E-state index contributed by atoms with van der Waals surface area (Å²) >= 11 is 6.44. The SMILES string of the molecule is CC(C)S(=O)(=O)c1ccccc1Nc1nc(N)nc(Nc2ccc(C(=O)O)cc2)c1Cl. The van der Waals surface area contributed by atoms with Crippen LogP contribution < -0.4 is 16.4 Å². The fourth-order valence-electron chi connectivity index (χ4n) is 2.66. The van der Waals surface area contributed by atoms with Crippen molar-refractivity contribution in [2.75, 3.05) is 16.4 Å². The molecule has 0 saturated carbocycles. The van der Waals surface area contributed by atoms with E-state index in [0.29, 0.717) is 11.4 Å². The van der Waals surface area contributed by atoms with Gasteiger partial charge in [-0.2, -0.15) is 9.97 Å². The van der Waals surface area contributed by atoms with E-state index < -0.39 is 21.1 Å². The molecular weight excluding hydrogens is 442 g/mol. The molecule has 1 aromatic heterocycles. The summed E-state index contributed by atoms with van der Waals surface area (Å²) in [5, 5.41) is 14.4. The molecule has 0 aliphatic carbocycles. The Labute approximate surface area is 184 Å². The van der Waals surface area contributed by atoms with Gasteiger partial charge in [-0.3, -0.25) is 0 Å². The summed E-state index contributed by atoms with van der Waals surface area (Å²) in [6.07, 6.45) is 0. The fraction of sp³-hybridized carbons (Fsp3) is 0.150. The van der Waals surface area contributed by atoms with Crippen LogP contribution in [0.1, 0.15) is 24.2 Å². The summed E-state index contributed by atoms with van der Waals surface area (Å²) in [6.45, 7) is 3.19. The first kappa shape index (κ1) is 22.3. The van der Waals surface area contributed by atoms with Gasteiger partial charge in [-0.15, -0.1) is 0 Å². The lowest BCUT2D eigenvalue weighted by Gasteiger charge is -2.16. The molecule has 0 amide bonds. The van der Waals surface area contributed by atoms with Gasteiger partial charge in [0.2, 0.25) is 5.95 Å². The molecular formula is C20H20ClN5O4S. The number of hydrogen-bond acceptors (Lipinski definition) is 8. The fourth-order valence-corrected chi connectivity index (χ4v) is 4.04. The minimum atomic E-state index is -3.56. The Morgan fingerprint density at radius 2 is 1.61 bits per heavy atom. The monoisotopic (exact) mass is 461 g/mol. The second-order valence-electron chi connectivity index (χ2n) is 6.82. The van der Waals surface area contributed by atoms with Crippen LogP contribution in [-0.2, 0) is 9.84 Å². The maximum Gasteiger partial charge on any atom is 0.335 e. The predicted molar refractivity (Wildman–Crippen MR) is 120 cm³/mol. The number of rotatable bonds is 7. The number of nitrogens with two attached hydrogens (primary N) is 1. The van der Waals surface area contributed by atoms with Gasteiger partial charge in [-0.25, -0.2) is 13.2 Å². The Morgan fingerprint density at radius 3 is 2.19 bits per heavy atom. The Bertz CT molecular complexity index is 1230. The third-order valence-electron chi connectivity index (χ3n) is 4.33. The maximum atomic E-state index is 12.7. The molecule has 0 bridgehead atoms. The maximum absolute atomic E-state index is 12.7. The van der Waals surface area contributed by atoms with Gasteiger partial charge in [0.1, 0.15) is 5.02 Å². The largest absolute Gasteiger partial charge is 0.478 e. The number of anilines is 5. The number of carboxylic acids is 1. The standard InChI is InChI=1S/C20H20ClN5O4S/c1-11(2)31(29,30)15-6-4-3-5-14(15)24-18-16(21)17(25-20(22)26-18)23-13-9-7-12(8-10-13)19(27)28/h3-11H,1-2H3,(H,27,28)(H4,22,23,24,25,26). The lowest BCUT2D eigenvalue weighted by Crippen LogP contribution is -2.16. The van der Waals surface area contributed by atoms with Crippen molar-refractivity contribution in [2.45, 2.75) is 24.0 Å². The highest BCUT2D eigenvalue weighted by Crippen LogP contribution is 2.34. The third kappa shape index (κ3) is 4.86. The summed E-state index contributed by atoms with van der Waals surface area (Å²) in [7, 11) is -3.56. The van der Waals surface area contributed by atoms with Crippen LogP contribution in [0.15, 0.2) is 53.4 Å². The van der Waals surface area contributed by atoms with E-state index in [4.69, 9.17) is 22.4 Å². The van der Waals surface area contributed by atoms with E-state index in [1.165, 1.54) is 18.2 Å². The van der Waals surface area contributed by atoms with Crippen LogP contribution >= 0.6 is 11.6 Å². The van der Waals surface area contributed by atoms with E-state index in [-0.39, 0.29) is 33.1 Å². The topological polar surface area (TPSA) is 147 Å². The first-order chi connectivity index (χ1) is 14.6. The molecule has 3 aromatic rings. The number of nitrogens with one attached hydrogen (secondary N) is 2. The van der Waals surface area contributed by atoms with E-state index in [2.05, 4.69) is 20.6 Å². The quantitative estimate of drug-likeness (QED) is 0.408. The highest BCUT2D eigenvalue weighted by molar-refractivity contribution is 7.92. The Balaban J connectivity index is 1.96. The van der Waals surface area contributed by atoms with Crippen molar-refractivity contribution in [3.8, 4) is 0 Å². The normalized spacial score (nSPS) is 11.4. The molecule has 0 atom stereocenters. The van der Waals surface area contributed by atoms with Crippen molar-refractivity contribution in [1.29, 1.82) is 0 Å². The van der Waals surface area contributed by atoms with E-state index in [1.807, 2.05) is 0 Å². The predicted octanol–water partition coefficient (Wildman–Crippen LogP) is 4.08. The molecule has 0 unspecified atom stereocenters. The number of nitrogens with zero attached hydrogens (tertiary/aromatic N) is 2. The zero-order valence-corrected chi connectivity index (χ0v) is 18.2. The highest BCUT2D eigenvalue weighted by Gasteiger charge is 2.23. The first-order valence-corrected chi connectivity index (χ1v) is 11.1. The van der Waals surface area contributed by atoms with Gasteiger partial charge in [0, 0.05) is 5.69 Å². The minimum Gasteiger partial charge on any atom is -0.478 e. The van der Waals surface area contributed by atoms with Crippen LogP contribution in [0.25, 0.3) is 0 Å². The number of hydrogen-bond donors (Lipinski definition) is 4. The zero-order valence-electron chi connectivity index (χ0n) is 16.6. The van der Waals surface area contributed by atoms with E-state index in [9.17, 15) is 13.2 Å². The molecule has 162 valence electrons. The van der Waals surface area contributed by atoms with Gasteiger partial charge in [0.15, 0.2) is 21.5 Å². The van der Waals surface area contributed by atoms with Crippen molar-refractivity contribution in [1.82, 2.24) is 9.97 Å². The van der Waals surface area contributed by atoms with Crippen LogP contribution in [-0.4, -0.2) is 34.7 Å². The van der Waals surface area contributed by atoms with Crippen molar-refractivity contribution in [2.24, 2.45) is 0 Å². The second kappa shape index (κ2) is 8.78.